The van der Waals surface area contributed by atoms with E-state index in [0.29, 0.717) is 5.56 Å². The molecule has 0 amide bonds. The molecule has 0 spiro atoms. The largest absolute Gasteiger partial charge is 0.488 e. The fraction of sp³-hybridized carbons (Fsp3) is 0.222. The van der Waals surface area contributed by atoms with E-state index in [-0.39, 0.29) is 11.9 Å². The molecule has 0 aliphatic heterocycles. The van der Waals surface area contributed by atoms with Crippen LogP contribution in [0.4, 0.5) is 0 Å². The molecule has 0 fully saturated rings. The summed E-state index contributed by atoms with van der Waals surface area (Å²) in [5.74, 6) is -1.11. The molecule has 0 aliphatic rings. The molecule has 0 saturated heterocycles. The lowest BCUT2D eigenvalue weighted by Crippen LogP contribution is -2.38. The number of benzene rings is 1. The topological polar surface area (TPSA) is 104 Å². The predicted octanol–water partition coefficient (Wildman–Crippen LogP) is -1.68. The number of aliphatic carboxylic acids is 1. The van der Waals surface area contributed by atoms with Crippen molar-refractivity contribution in [2.24, 2.45) is 5.73 Å². The highest BCUT2D eigenvalue weighted by atomic mass is 16.4. The number of carboxylic acid groups (broad SMARTS) is 1. The van der Waals surface area contributed by atoms with Crippen LogP contribution in [0.15, 0.2) is 24.3 Å². The van der Waals surface area contributed by atoms with Crippen LogP contribution in [-0.4, -0.2) is 34.3 Å². The van der Waals surface area contributed by atoms with E-state index in [0.717, 1.165) is 0 Å². The standard InChI is InChI=1S/C9H12BNO4/c11-8(9(12)13)5-6-3-1-2-4-7(6)10(14)15/h1-4,8,14-15H,5,11H2,(H,12,13)/t8-/m0/s1. The molecular formula is C9H12BNO4. The first-order valence-corrected chi connectivity index (χ1v) is 4.44. The third-order valence-electron chi connectivity index (χ3n) is 2.09. The number of hydrogen-bond acceptors (Lipinski definition) is 4. The third-order valence-corrected chi connectivity index (χ3v) is 2.09. The lowest BCUT2D eigenvalue weighted by Gasteiger charge is -2.10. The zero-order valence-electron chi connectivity index (χ0n) is 8.00. The first-order chi connectivity index (χ1) is 7.02. The minimum Gasteiger partial charge on any atom is -0.480 e. The molecule has 5 nitrogen and oxygen atoms in total. The van der Waals surface area contributed by atoms with E-state index in [1.807, 2.05) is 0 Å². The van der Waals surface area contributed by atoms with Gasteiger partial charge >= 0.3 is 13.1 Å². The molecule has 1 atom stereocenters. The Kier molecular flexibility index (Phi) is 3.84. The summed E-state index contributed by atoms with van der Waals surface area (Å²) >= 11 is 0. The average Bonchev–Trinajstić information content (AvgIpc) is 2.18. The summed E-state index contributed by atoms with van der Waals surface area (Å²) < 4.78 is 0. The van der Waals surface area contributed by atoms with E-state index in [1.54, 1.807) is 18.2 Å². The lowest BCUT2D eigenvalue weighted by molar-refractivity contribution is -0.138. The van der Waals surface area contributed by atoms with Gasteiger partial charge in [-0.3, -0.25) is 4.79 Å². The van der Waals surface area contributed by atoms with Gasteiger partial charge in [-0.1, -0.05) is 24.3 Å². The van der Waals surface area contributed by atoms with Crippen LogP contribution >= 0.6 is 0 Å². The highest BCUT2D eigenvalue weighted by Crippen LogP contribution is 2.01. The van der Waals surface area contributed by atoms with Gasteiger partial charge in [0.05, 0.1) is 0 Å². The molecule has 1 rings (SSSR count). The summed E-state index contributed by atoms with van der Waals surface area (Å²) in [7, 11) is -1.61. The van der Waals surface area contributed by atoms with Gasteiger partial charge < -0.3 is 20.9 Å². The first-order valence-electron chi connectivity index (χ1n) is 4.44. The summed E-state index contributed by atoms with van der Waals surface area (Å²) in [6.07, 6.45) is 0.0725. The second kappa shape index (κ2) is 4.93. The van der Waals surface area contributed by atoms with Crippen LogP contribution in [0.5, 0.6) is 0 Å². The number of hydrogen-bond donors (Lipinski definition) is 4. The smallest absolute Gasteiger partial charge is 0.480 e. The summed E-state index contributed by atoms with van der Waals surface area (Å²) in [5.41, 5.74) is 6.17. The van der Waals surface area contributed by atoms with E-state index in [1.165, 1.54) is 6.07 Å². The molecule has 5 N–H and O–H groups in total. The fourth-order valence-corrected chi connectivity index (χ4v) is 1.30. The van der Waals surface area contributed by atoms with Crippen LogP contribution < -0.4 is 11.2 Å². The molecule has 6 heteroatoms. The monoisotopic (exact) mass is 209 g/mol. The average molecular weight is 209 g/mol. The van der Waals surface area contributed by atoms with Crippen LogP contribution in [0, 0.1) is 0 Å². The van der Waals surface area contributed by atoms with Crippen molar-refractivity contribution in [3.63, 3.8) is 0 Å². The van der Waals surface area contributed by atoms with Crippen molar-refractivity contribution < 1.29 is 19.9 Å². The Hall–Kier alpha value is -1.37. The summed E-state index contributed by atoms with van der Waals surface area (Å²) in [5, 5.41) is 26.7. The summed E-state index contributed by atoms with van der Waals surface area (Å²) in [6, 6.07) is 5.44. The zero-order valence-corrected chi connectivity index (χ0v) is 8.00. The number of carbonyl (C=O) groups is 1. The lowest BCUT2D eigenvalue weighted by atomic mass is 9.76. The molecule has 0 aliphatic carbocycles. The predicted molar refractivity (Wildman–Crippen MR) is 55.6 cm³/mol. The van der Waals surface area contributed by atoms with Gasteiger partial charge in [0.2, 0.25) is 0 Å². The van der Waals surface area contributed by atoms with E-state index in [4.69, 9.17) is 20.9 Å². The number of nitrogens with two attached hydrogens (primary N) is 1. The molecule has 0 aromatic heterocycles. The van der Waals surface area contributed by atoms with E-state index in [9.17, 15) is 4.79 Å². The van der Waals surface area contributed by atoms with Gasteiger partial charge in [-0.25, -0.2) is 0 Å². The molecule has 1 aromatic rings. The van der Waals surface area contributed by atoms with Crippen LogP contribution in [0.1, 0.15) is 5.56 Å². The number of rotatable bonds is 4. The van der Waals surface area contributed by atoms with Gasteiger partial charge in [0.25, 0.3) is 0 Å². The first kappa shape index (κ1) is 11.7. The highest BCUT2D eigenvalue weighted by Gasteiger charge is 2.19. The van der Waals surface area contributed by atoms with Gasteiger partial charge in [0, 0.05) is 0 Å². The third kappa shape index (κ3) is 3.05. The zero-order chi connectivity index (χ0) is 11.4. The summed E-state index contributed by atoms with van der Waals surface area (Å²) in [6.45, 7) is 0. The van der Waals surface area contributed by atoms with Crippen molar-refractivity contribution in [3.8, 4) is 0 Å². The SMILES string of the molecule is N[C@@H](Cc1ccccc1B(O)O)C(=O)O. The van der Waals surface area contributed by atoms with Crippen molar-refractivity contribution in [1.82, 2.24) is 0 Å². The second-order valence-electron chi connectivity index (χ2n) is 3.22. The van der Waals surface area contributed by atoms with Crippen molar-refractivity contribution >= 4 is 18.6 Å². The maximum Gasteiger partial charge on any atom is 0.488 e. The van der Waals surface area contributed by atoms with Crippen molar-refractivity contribution in [3.05, 3.63) is 29.8 Å². The van der Waals surface area contributed by atoms with Crippen molar-refractivity contribution in [2.45, 2.75) is 12.5 Å². The van der Waals surface area contributed by atoms with Gasteiger partial charge in [0.1, 0.15) is 6.04 Å². The van der Waals surface area contributed by atoms with E-state index >= 15 is 0 Å². The maximum atomic E-state index is 10.5. The Bertz CT molecular complexity index is 356. The van der Waals surface area contributed by atoms with Crippen LogP contribution in [0.2, 0.25) is 0 Å². The molecule has 0 unspecified atom stereocenters. The molecule has 1 aromatic carbocycles. The Labute approximate surface area is 87.3 Å². The van der Waals surface area contributed by atoms with Gasteiger partial charge in [-0.05, 0) is 17.4 Å². The minimum absolute atomic E-state index is 0.0725. The van der Waals surface area contributed by atoms with E-state index < -0.39 is 19.1 Å². The second-order valence-corrected chi connectivity index (χ2v) is 3.22. The Morgan fingerprint density at radius 1 is 1.40 bits per heavy atom. The molecular weight excluding hydrogens is 197 g/mol. The molecule has 15 heavy (non-hydrogen) atoms. The van der Waals surface area contributed by atoms with Crippen molar-refractivity contribution in [1.29, 1.82) is 0 Å². The Morgan fingerprint density at radius 2 is 2.00 bits per heavy atom. The van der Waals surface area contributed by atoms with Crippen LogP contribution in [-0.2, 0) is 11.2 Å². The highest BCUT2D eigenvalue weighted by molar-refractivity contribution is 6.59. The Balaban J connectivity index is 2.89. The fourth-order valence-electron chi connectivity index (χ4n) is 1.30. The van der Waals surface area contributed by atoms with Crippen LogP contribution in [0.25, 0.3) is 0 Å². The van der Waals surface area contributed by atoms with Crippen molar-refractivity contribution in [2.75, 3.05) is 0 Å². The molecule has 80 valence electrons. The normalized spacial score (nSPS) is 12.2. The maximum absolute atomic E-state index is 10.5. The molecule has 0 heterocycles. The minimum atomic E-state index is -1.61. The summed E-state index contributed by atoms with van der Waals surface area (Å²) in [4.78, 5) is 10.5. The Morgan fingerprint density at radius 3 is 2.53 bits per heavy atom. The number of carboxylic acids is 1. The molecule has 0 bridgehead atoms. The van der Waals surface area contributed by atoms with Gasteiger partial charge in [-0.2, -0.15) is 0 Å². The molecule has 0 saturated carbocycles. The van der Waals surface area contributed by atoms with Gasteiger partial charge in [-0.15, -0.1) is 0 Å². The quantitative estimate of drug-likeness (QED) is 0.443. The van der Waals surface area contributed by atoms with E-state index in [2.05, 4.69) is 0 Å². The van der Waals surface area contributed by atoms with Crippen LogP contribution in [0.3, 0.4) is 0 Å². The molecule has 0 radical (unpaired) electrons. The van der Waals surface area contributed by atoms with Gasteiger partial charge in [0.15, 0.2) is 0 Å².